The van der Waals surface area contributed by atoms with Crippen molar-refractivity contribution in [2.24, 2.45) is 0 Å². The van der Waals surface area contributed by atoms with Crippen LogP contribution in [0.4, 0.5) is 4.39 Å². The summed E-state index contributed by atoms with van der Waals surface area (Å²) >= 11 is 7.42. The topological polar surface area (TPSA) is 105 Å². The molecule has 2 N–H and O–H groups in total. The van der Waals surface area contributed by atoms with Crippen LogP contribution in [0.3, 0.4) is 0 Å². The Morgan fingerprint density at radius 1 is 1.14 bits per heavy atom. The van der Waals surface area contributed by atoms with Crippen molar-refractivity contribution < 1.29 is 13.7 Å². The largest absolute Gasteiger partial charge is 0.482 e. The van der Waals surface area contributed by atoms with E-state index < -0.39 is 5.82 Å². The van der Waals surface area contributed by atoms with E-state index in [4.69, 9.17) is 26.7 Å². The third kappa shape index (κ3) is 4.33. The molecule has 29 heavy (non-hydrogen) atoms. The second-order valence-electron chi connectivity index (χ2n) is 5.77. The maximum Gasteiger partial charge on any atom is 0.259 e. The van der Waals surface area contributed by atoms with Crippen molar-refractivity contribution in [3.63, 3.8) is 0 Å². The van der Waals surface area contributed by atoms with Gasteiger partial charge in [-0.3, -0.25) is 0 Å². The van der Waals surface area contributed by atoms with Gasteiger partial charge in [0.25, 0.3) is 5.89 Å². The van der Waals surface area contributed by atoms with Gasteiger partial charge in [-0.25, -0.2) is 9.07 Å². The van der Waals surface area contributed by atoms with Gasteiger partial charge in [-0.1, -0.05) is 52.8 Å². The van der Waals surface area contributed by atoms with E-state index in [0.29, 0.717) is 39.0 Å². The number of rotatable bonds is 7. The molecular weight excluding hydrogens is 419 g/mol. The van der Waals surface area contributed by atoms with Gasteiger partial charge in [0.1, 0.15) is 6.61 Å². The van der Waals surface area contributed by atoms with E-state index in [2.05, 4.69) is 20.3 Å². The van der Waals surface area contributed by atoms with Gasteiger partial charge in [-0.15, -0.1) is 10.2 Å². The van der Waals surface area contributed by atoms with Gasteiger partial charge in [0.15, 0.2) is 23.2 Å². The molecule has 2 aromatic heterocycles. The van der Waals surface area contributed by atoms with Crippen molar-refractivity contribution >= 4 is 23.4 Å². The van der Waals surface area contributed by atoms with Crippen LogP contribution >= 0.6 is 23.4 Å². The van der Waals surface area contributed by atoms with E-state index in [1.165, 1.54) is 28.6 Å². The predicted molar refractivity (Wildman–Crippen MR) is 105 cm³/mol. The molecule has 4 rings (SSSR count). The Balaban J connectivity index is 1.39. The van der Waals surface area contributed by atoms with Gasteiger partial charge in [0.2, 0.25) is 5.16 Å². The Morgan fingerprint density at radius 2 is 1.93 bits per heavy atom. The molecule has 0 spiro atoms. The highest BCUT2D eigenvalue weighted by Crippen LogP contribution is 2.27. The fourth-order valence-electron chi connectivity index (χ4n) is 2.39. The van der Waals surface area contributed by atoms with Crippen LogP contribution in [0.1, 0.15) is 11.6 Å². The fourth-order valence-corrected chi connectivity index (χ4v) is 3.33. The normalized spacial score (nSPS) is 11.0. The summed E-state index contributed by atoms with van der Waals surface area (Å²) in [6, 6.07) is 13.3. The molecule has 11 heteroatoms. The van der Waals surface area contributed by atoms with Crippen molar-refractivity contribution in [1.29, 1.82) is 0 Å². The molecule has 0 bridgehead atoms. The molecule has 0 aliphatic rings. The number of benzene rings is 2. The van der Waals surface area contributed by atoms with Gasteiger partial charge in [0, 0.05) is 0 Å². The third-order valence-electron chi connectivity index (χ3n) is 3.83. The molecule has 0 amide bonds. The molecule has 4 aromatic rings. The molecule has 2 aromatic carbocycles. The van der Waals surface area contributed by atoms with E-state index in [9.17, 15) is 4.39 Å². The lowest BCUT2D eigenvalue weighted by Gasteiger charge is -2.06. The van der Waals surface area contributed by atoms with Crippen molar-refractivity contribution in [3.05, 3.63) is 71.0 Å². The monoisotopic (exact) mass is 432 g/mol. The predicted octanol–water partition coefficient (Wildman–Crippen LogP) is 3.71. The van der Waals surface area contributed by atoms with Gasteiger partial charge in [-0.2, -0.15) is 4.98 Å². The lowest BCUT2D eigenvalue weighted by molar-refractivity contribution is 0.277. The number of halogens is 2. The van der Waals surface area contributed by atoms with E-state index in [1.807, 2.05) is 12.1 Å². The fraction of sp³-hybridized carbons (Fsp3) is 0.111. The summed E-state index contributed by atoms with van der Waals surface area (Å²) in [7, 11) is 0. The molecule has 0 radical (unpaired) electrons. The zero-order valence-corrected chi connectivity index (χ0v) is 16.4. The first kappa shape index (κ1) is 19.2. The number of nitrogens with two attached hydrogens (primary N) is 1. The van der Waals surface area contributed by atoms with E-state index >= 15 is 0 Å². The number of thioether (sulfide) groups is 1. The molecule has 0 saturated heterocycles. The lowest BCUT2D eigenvalue weighted by Crippen LogP contribution is -2.16. The van der Waals surface area contributed by atoms with Crippen LogP contribution in [0.5, 0.6) is 5.75 Å². The Labute approximate surface area is 173 Å². The SMILES string of the molecule is Nn1c(COc2ccccc2F)nnc1SCc1noc(-c2ccccc2Cl)n1. The second kappa shape index (κ2) is 8.50. The molecular formula is C18H14ClFN6O2S. The Bertz CT molecular complexity index is 1140. The number of nitrogens with zero attached hydrogens (tertiary/aromatic N) is 5. The summed E-state index contributed by atoms with van der Waals surface area (Å²) < 4.78 is 25.6. The average Bonchev–Trinajstić information content (AvgIpc) is 3.33. The lowest BCUT2D eigenvalue weighted by atomic mass is 10.2. The summed E-state index contributed by atoms with van der Waals surface area (Å²) in [6.07, 6.45) is 0. The molecule has 0 saturated carbocycles. The van der Waals surface area contributed by atoms with E-state index in [-0.39, 0.29) is 12.4 Å². The van der Waals surface area contributed by atoms with Gasteiger partial charge in [0.05, 0.1) is 16.3 Å². The summed E-state index contributed by atoms with van der Waals surface area (Å²) in [5.74, 6) is 7.15. The van der Waals surface area contributed by atoms with Crippen LogP contribution in [0.25, 0.3) is 11.5 Å². The smallest absolute Gasteiger partial charge is 0.259 e. The Kier molecular flexibility index (Phi) is 5.63. The standard InChI is InChI=1S/C18H14ClFN6O2S/c19-12-6-2-1-5-11(12)17-22-15(25-28-17)10-29-18-24-23-16(26(18)21)9-27-14-8-4-3-7-13(14)20/h1-8H,9-10,21H2. The highest BCUT2D eigenvalue weighted by atomic mass is 35.5. The number of nitrogen functional groups attached to an aromatic ring is 1. The van der Waals surface area contributed by atoms with Crippen LogP contribution < -0.4 is 10.6 Å². The molecule has 0 aliphatic carbocycles. The first-order valence-electron chi connectivity index (χ1n) is 8.39. The Morgan fingerprint density at radius 3 is 2.76 bits per heavy atom. The van der Waals surface area contributed by atoms with Crippen molar-refractivity contribution in [1.82, 2.24) is 25.0 Å². The number of aromatic nitrogens is 5. The van der Waals surface area contributed by atoms with Gasteiger partial charge < -0.3 is 15.1 Å². The van der Waals surface area contributed by atoms with Crippen LogP contribution in [0, 0.1) is 5.82 Å². The summed E-state index contributed by atoms with van der Waals surface area (Å²) in [4.78, 5) is 4.33. The minimum Gasteiger partial charge on any atom is -0.482 e. The average molecular weight is 433 g/mol. The zero-order chi connectivity index (χ0) is 20.2. The minimum atomic E-state index is -0.461. The van der Waals surface area contributed by atoms with Crippen LogP contribution in [-0.4, -0.2) is 25.0 Å². The highest BCUT2D eigenvalue weighted by Gasteiger charge is 2.15. The van der Waals surface area contributed by atoms with Crippen molar-refractivity contribution in [2.45, 2.75) is 17.5 Å². The first-order valence-corrected chi connectivity index (χ1v) is 9.75. The minimum absolute atomic E-state index is 0.0240. The summed E-state index contributed by atoms with van der Waals surface area (Å²) in [5.41, 5.74) is 0.660. The molecule has 0 atom stereocenters. The van der Waals surface area contributed by atoms with Crippen LogP contribution in [-0.2, 0) is 12.4 Å². The number of para-hydroxylation sites is 1. The van der Waals surface area contributed by atoms with E-state index in [0.717, 1.165) is 0 Å². The third-order valence-corrected chi connectivity index (χ3v) is 5.10. The molecule has 0 aliphatic heterocycles. The van der Waals surface area contributed by atoms with Crippen LogP contribution in [0.15, 0.2) is 58.2 Å². The van der Waals surface area contributed by atoms with Crippen molar-refractivity contribution in [3.8, 4) is 17.2 Å². The highest BCUT2D eigenvalue weighted by molar-refractivity contribution is 7.98. The van der Waals surface area contributed by atoms with Gasteiger partial charge >= 0.3 is 0 Å². The number of hydrogen-bond donors (Lipinski definition) is 1. The van der Waals surface area contributed by atoms with Crippen molar-refractivity contribution in [2.75, 3.05) is 5.84 Å². The first-order chi connectivity index (χ1) is 14.1. The quantitative estimate of drug-likeness (QED) is 0.348. The molecule has 148 valence electrons. The molecule has 8 nitrogen and oxygen atoms in total. The van der Waals surface area contributed by atoms with Crippen LogP contribution in [0.2, 0.25) is 5.02 Å². The zero-order valence-electron chi connectivity index (χ0n) is 14.8. The summed E-state index contributed by atoms with van der Waals surface area (Å²) in [6.45, 7) is -0.0240. The second-order valence-corrected chi connectivity index (χ2v) is 7.12. The molecule has 0 fully saturated rings. The molecule has 2 heterocycles. The summed E-state index contributed by atoms with van der Waals surface area (Å²) in [5, 5.41) is 12.9. The maximum absolute atomic E-state index is 13.6. The number of hydrogen-bond acceptors (Lipinski definition) is 8. The Hall–Kier alpha value is -3.11. The number of ether oxygens (including phenoxy) is 1. The van der Waals surface area contributed by atoms with Gasteiger partial charge in [-0.05, 0) is 24.3 Å². The van der Waals surface area contributed by atoms with E-state index in [1.54, 1.807) is 24.3 Å². The maximum atomic E-state index is 13.6. The molecule has 0 unspecified atom stereocenters.